The van der Waals surface area contributed by atoms with Gasteiger partial charge in [0.25, 0.3) is 5.91 Å². The van der Waals surface area contributed by atoms with Crippen molar-refractivity contribution in [1.82, 2.24) is 4.98 Å². The van der Waals surface area contributed by atoms with Gasteiger partial charge in [0.15, 0.2) is 12.2 Å². The fraction of sp³-hybridized carbons (Fsp3) is 0.310. The number of carbonyl (C=O) groups excluding carboxylic acids is 1. The summed E-state index contributed by atoms with van der Waals surface area (Å²) in [5.41, 5.74) is 5.18. The monoisotopic (exact) mass is 470 g/mol. The highest BCUT2D eigenvalue weighted by molar-refractivity contribution is 5.93. The molecular formula is C29H30N2O4. The zero-order valence-electron chi connectivity index (χ0n) is 20.2. The van der Waals surface area contributed by atoms with Crippen LogP contribution in [0.3, 0.4) is 0 Å². The van der Waals surface area contributed by atoms with Gasteiger partial charge in [-0.3, -0.25) is 4.79 Å². The van der Waals surface area contributed by atoms with E-state index in [4.69, 9.17) is 13.9 Å². The Labute approximate surface area is 205 Å². The third-order valence-corrected chi connectivity index (χ3v) is 6.68. The van der Waals surface area contributed by atoms with Crippen molar-refractivity contribution in [2.24, 2.45) is 0 Å². The lowest BCUT2D eigenvalue weighted by Gasteiger charge is -2.22. The van der Waals surface area contributed by atoms with Crippen molar-refractivity contribution in [2.75, 3.05) is 19.0 Å². The van der Waals surface area contributed by atoms with Gasteiger partial charge in [-0.05, 0) is 73.2 Å². The van der Waals surface area contributed by atoms with Gasteiger partial charge < -0.3 is 19.2 Å². The van der Waals surface area contributed by atoms with Gasteiger partial charge in [-0.25, -0.2) is 4.98 Å². The molecule has 180 valence electrons. The van der Waals surface area contributed by atoms with Crippen molar-refractivity contribution < 1.29 is 18.7 Å². The highest BCUT2D eigenvalue weighted by atomic mass is 16.5. The molecule has 0 unspecified atom stereocenters. The molecule has 0 atom stereocenters. The third-order valence-electron chi connectivity index (χ3n) is 6.68. The fourth-order valence-corrected chi connectivity index (χ4v) is 4.65. The summed E-state index contributed by atoms with van der Waals surface area (Å²) in [6, 6.07) is 19.4. The van der Waals surface area contributed by atoms with E-state index in [-0.39, 0.29) is 12.5 Å². The molecule has 6 heteroatoms. The minimum atomic E-state index is -0.219. The summed E-state index contributed by atoms with van der Waals surface area (Å²) in [4.78, 5) is 17.2. The molecule has 5 rings (SSSR count). The van der Waals surface area contributed by atoms with Crippen molar-refractivity contribution in [3.8, 4) is 23.0 Å². The van der Waals surface area contributed by atoms with Crippen LogP contribution in [0.2, 0.25) is 0 Å². The van der Waals surface area contributed by atoms with Crippen molar-refractivity contribution in [1.29, 1.82) is 0 Å². The lowest BCUT2D eigenvalue weighted by atomic mass is 9.84. The molecule has 1 fully saturated rings. The summed E-state index contributed by atoms with van der Waals surface area (Å²) in [5, 5.41) is 2.95. The molecule has 3 aromatic carbocycles. The molecule has 1 N–H and O–H groups in total. The van der Waals surface area contributed by atoms with E-state index in [0.717, 1.165) is 16.9 Å². The maximum Gasteiger partial charge on any atom is 0.262 e. The van der Waals surface area contributed by atoms with Gasteiger partial charge in [-0.15, -0.1) is 0 Å². The molecule has 4 aromatic rings. The van der Waals surface area contributed by atoms with Crippen molar-refractivity contribution in [3.63, 3.8) is 0 Å². The topological polar surface area (TPSA) is 73.6 Å². The molecule has 0 aliphatic heterocycles. The van der Waals surface area contributed by atoms with Crippen LogP contribution in [0.15, 0.2) is 65.1 Å². The van der Waals surface area contributed by atoms with Crippen molar-refractivity contribution in [3.05, 3.63) is 71.8 Å². The molecule has 6 nitrogen and oxygen atoms in total. The number of fused-ring (bicyclic) bond motifs is 1. The summed E-state index contributed by atoms with van der Waals surface area (Å²) in [7, 11) is 1.62. The van der Waals surface area contributed by atoms with Crippen LogP contribution in [0.25, 0.3) is 22.6 Å². The third kappa shape index (κ3) is 5.32. The average molecular weight is 471 g/mol. The summed E-state index contributed by atoms with van der Waals surface area (Å²) in [5.74, 6) is 2.34. The van der Waals surface area contributed by atoms with Crippen LogP contribution in [0, 0.1) is 6.92 Å². The van der Waals surface area contributed by atoms with Crippen LogP contribution in [-0.4, -0.2) is 24.6 Å². The van der Waals surface area contributed by atoms with Crippen LogP contribution >= 0.6 is 0 Å². The molecule has 0 bridgehead atoms. The number of aryl methyl sites for hydroxylation is 1. The lowest BCUT2D eigenvalue weighted by Crippen LogP contribution is -2.20. The Balaban J connectivity index is 1.23. The van der Waals surface area contributed by atoms with Crippen LogP contribution < -0.4 is 14.8 Å². The smallest absolute Gasteiger partial charge is 0.262 e. The Morgan fingerprint density at radius 1 is 1.00 bits per heavy atom. The highest BCUT2D eigenvalue weighted by Crippen LogP contribution is 2.33. The first-order valence-electron chi connectivity index (χ1n) is 12.2. The first kappa shape index (κ1) is 23.0. The first-order valence-corrected chi connectivity index (χ1v) is 12.2. The largest absolute Gasteiger partial charge is 0.497 e. The minimum absolute atomic E-state index is 0.0604. The van der Waals surface area contributed by atoms with E-state index < -0.39 is 0 Å². The number of nitrogens with zero attached hydrogens (tertiary/aromatic N) is 1. The molecule has 0 saturated heterocycles. The molecule has 0 spiro atoms. The SMILES string of the molecule is COc1ccc2oc(-c3ccc(C)c(NC(=O)COc4ccc(C5CCCCC5)cc4)c3)nc2c1. The van der Waals surface area contributed by atoms with Gasteiger partial charge in [0, 0.05) is 17.3 Å². The Bertz CT molecular complexity index is 1320. The number of benzene rings is 3. The number of nitrogens with one attached hydrogen (secondary N) is 1. The number of ether oxygens (including phenoxy) is 2. The van der Waals surface area contributed by atoms with Gasteiger partial charge in [0.2, 0.25) is 5.89 Å². The quantitative estimate of drug-likeness (QED) is 0.319. The zero-order chi connectivity index (χ0) is 24.2. The number of anilines is 1. The number of amides is 1. The lowest BCUT2D eigenvalue weighted by molar-refractivity contribution is -0.118. The zero-order valence-corrected chi connectivity index (χ0v) is 20.2. The normalized spacial score (nSPS) is 14.1. The van der Waals surface area contributed by atoms with Gasteiger partial charge in [0.1, 0.15) is 17.0 Å². The molecule has 1 amide bonds. The Morgan fingerprint density at radius 2 is 1.77 bits per heavy atom. The molecule has 35 heavy (non-hydrogen) atoms. The number of oxazole rings is 1. The van der Waals surface area contributed by atoms with Gasteiger partial charge in [0.05, 0.1) is 7.11 Å². The predicted molar refractivity (Wildman–Crippen MR) is 137 cm³/mol. The summed E-state index contributed by atoms with van der Waals surface area (Å²) >= 11 is 0. The van der Waals surface area contributed by atoms with E-state index >= 15 is 0 Å². The molecular weight excluding hydrogens is 440 g/mol. The van der Waals surface area contributed by atoms with E-state index in [9.17, 15) is 4.79 Å². The van der Waals surface area contributed by atoms with Gasteiger partial charge in [-0.2, -0.15) is 0 Å². The second-order valence-corrected chi connectivity index (χ2v) is 9.12. The standard InChI is InChI=1S/C29H30N2O4/c1-19-8-9-22(29-31-26-17-24(33-2)14-15-27(26)35-29)16-25(19)30-28(32)18-34-23-12-10-21(11-13-23)20-6-4-3-5-7-20/h8-17,20H,3-7,18H2,1-2H3,(H,30,32). The van der Waals surface area contributed by atoms with Gasteiger partial charge in [-0.1, -0.05) is 37.5 Å². The van der Waals surface area contributed by atoms with Crippen LogP contribution in [0.5, 0.6) is 11.5 Å². The van der Waals surface area contributed by atoms with Crippen molar-refractivity contribution in [2.45, 2.75) is 44.9 Å². The highest BCUT2D eigenvalue weighted by Gasteiger charge is 2.16. The fourth-order valence-electron chi connectivity index (χ4n) is 4.65. The summed E-state index contributed by atoms with van der Waals surface area (Å²) in [6.07, 6.45) is 6.49. The van der Waals surface area contributed by atoms with E-state index in [1.807, 2.05) is 55.5 Å². The number of aromatic nitrogens is 1. The summed E-state index contributed by atoms with van der Waals surface area (Å²) in [6.45, 7) is 1.89. The molecule has 0 radical (unpaired) electrons. The molecule has 1 heterocycles. The number of hydrogen-bond donors (Lipinski definition) is 1. The van der Waals surface area contributed by atoms with E-state index in [0.29, 0.717) is 34.3 Å². The maximum absolute atomic E-state index is 12.6. The first-order chi connectivity index (χ1) is 17.1. The number of rotatable bonds is 7. The second kappa shape index (κ2) is 10.2. The van der Waals surface area contributed by atoms with E-state index in [1.165, 1.54) is 37.7 Å². The molecule has 1 aliphatic rings. The van der Waals surface area contributed by atoms with E-state index in [1.54, 1.807) is 7.11 Å². The van der Waals surface area contributed by atoms with Gasteiger partial charge >= 0.3 is 0 Å². The molecule has 1 aromatic heterocycles. The average Bonchev–Trinajstić information content (AvgIpc) is 3.33. The minimum Gasteiger partial charge on any atom is -0.497 e. The second-order valence-electron chi connectivity index (χ2n) is 9.12. The van der Waals surface area contributed by atoms with Crippen LogP contribution in [0.1, 0.15) is 49.1 Å². The predicted octanol–water partition coefficient (Wildman–Crippen LogP) is 6.88. The van der Waals surface area contributed by atoms with Crippen LogP contribution in [0.4, 0.5) is 5.69 Å². The number of hydrogen-bond acceptors (Lipinski definition) is 5. The van der Waals surface area contributed by atoms with Crippen LogP contribution in [-0.2, 0) is 4.79 Å². The Morgan fingerprint density at radius 3 is 2.54 bits per heavy atom. The molecule has 1 saturated carbocycles. The summed E-state index contributed by atoms with van der Waals surface area (Å²) < 4.78 is 16.9. The Kier molecular flexibility index (Phi) is 6.70. The van der Waals surface area contributed by atoms with Crippen molar-refractivity contribution >= 4 is 22.7 Å². The number of carbonyl (C=O) groups is 1. The molecule has 1 aliphatic carbocycles. The number of methoxy groups -OCH3 is 1. The van der Waals surface area contributed by atoms with E-state index in [2.05, 4.69) is 22.4 Å². The maximum atomic E-state index is 12.6. The Hall–Kier alpha value is -3.80.